The van der Waals surface area contributed by atoms with Crippen LogP contribution in [0.2, 0.25) is 0 Å². The van der Waals surface area contributed by atoms with E-state index < -0.39 is 5.41 Å². The molecule has 152 valence electrons. The number of amides is 2. The number of nitrogens with zero attached hydrogens (tertiary/aromatic N) is 1. The van der Waals surface area contributed by atoms with Gasteiger partial charge in [0, 0.05) is 12.2 Å². The van der Waals surface area contributed by atoms with Crippen LogP contribution < -0.4 is 10.2 Å². The zero-order valence-corrected chi connectivity index (χ0v) is 17.2. The molecule has 0 aromatic heterocycles. The van der Waals surface area contributed by atoms with Gasteiger partial charge in [0.1, 0.15) is 5.41 Å². The predicted octanol–water partition coefficient (Wildman–Crippen LogP) is 4.62. The van der Waals surface area contributed by atoms with Crippen LogP contribution in [0, 0.1) is 12.3 Å². The lowest BCUT2D eigenvalue weighted by Gasteiger charge is -2.27. The number of nitrogens with one attached hydrogen (secondary N) is 1. The molecule has 0 unspecified atom stereocenters. The molecule has 3 aromatic carbocycles. The number of benzene rings is 3. The van der Waals surface area contributed by atoms with Crippen LogP contribution in [0.1, 0.15) is 29.5 Å². The highest BCUT2D eigenvalue weighted by Gasteiger charge is 2.58. The van der Waals surface area contributed by atoms with Crippen molar-refractivity contribution in [1.82, 2.24) is 5.32 Å². The van der Waals surface area contributed by atoms with E-state index in [1.54, 1.807) is 4.90 Å². The van der Waals surface area contributed by atoms with Crippen LogP contribution in [0.5, 0.6) is 0 Å². The minimum atomic E-state index is -0.963. The number of hydrogen-bond donors (Lipinski definition) is 1. The minimum absolute atomic E-state index is 0.126. The first-order valence-corrected chi connectivity index (χ1v) is 10.3. The molecule has 0 heterocycles. The van der Waals surface area contributed by atoms with Crippen molar-refractivity contribution >= 4 is 17.5 Å². The fourth-order valence-electron chi connectivity index (χ4n) is 3.63. The van der Waals surface area contributed by atoms with Gasteiger partial charge in [-0.25, -0.2) is 0 Å². The Morgan fingerprint density at radius 1 is 0.833 bits per heavy atom. The van der Waals surface area contributed by atoms with E-state index in [4.69, 9.17) is 0 Å². The maximum Gasteiger partial charge on any atom is 0.242 e. The number of anilines is 1. The van der Waals surface area contributed by atoms with E-state index in [-0.39, 0.29) is 11.8 Å². The molecule has 4 rings (SSSR count). The number of carbonyl (C=O) groups is 2. The fourth-order valence-corrected chi connectivity index (χ4v) is 3.63. The Kier molecular flexibility index (Phi) is 5.66. The van der Waals surface area contributed by atoms with E-state index in [0.717, 1.165) is 16.8 Å². The minimum Gasteiger partial charge on any atom is -0.351 e. The van der Waals surface area contributed by atoms with Crippen molar-refractivity contribution in [2.75, 3.05) is 4.90 Å². The molecule has 1 aliphatic rings. The molecular formula is C26H26N2O2. The average molecular weight is 399 g/mol. The number of aryl methyl sites for hydroxylation is 1. The third kappa shape index (κ3) is 4.28. The van der Waals surface area contributed by atoms with Gasteiger partial charge in [-0.05, 0) is 43.0 Å². The SMILES string of the molecule is Cc1ccc(CNC(=O)C2(C(=O)N(Cc3ccccc3)c3ccccc3)CC2)cc1. The average Bonchev–Trinajstić information content (AvgIpc) is 3.60. The number of hydrogen-bond acceptors (Lipinski definition) is 2. The van der Waals surface area contributed by atoms with Gasteiger partial charge in [-0.15, -0.1) is 0 Å². The first-order chi connectivity index (χ1) is 14.6. The smallest absolute Gasteiger partial charge is 0.242 e. The Hall–Kier alpha value is -3.40. The van der Waals surface area contributed by atoms with Crippen LogP contribution in [0.3, 0.4) is 0 Å². The molecule has 0 radical (unpaired) electrons. The van der Waals surface area contributed by atoms with Crippen molar-refractivity contribution < 1.29 is 9.59 Å². The summed E-state index contributed by atoms with van der Waals surface area (Å²) in [5, 5.41) is 2.99. The van der Waals surface area contributed by atoms with E-state index in [1.165, 1.54) is 5.56 Å². The molecule has 2 amide bonds. The molecule has 4 nitrogen and oxygen atoms in total. The van der Waals surface area contributed by atoms with Gasteiger partial charge in [0.15, 0.2) is 0 Å². The van der Waals surface area contributed by atoms with Crippen LogP contribution in [0.4, 0.5) is 5.69 Å². The van der Waals surface area contributed by atoms with Crippen molar-refractivity contribution in [3.63, 3.8) is 0 Å². The van der Waals surface area contributed by atoms with Gasteiger partial charge in [0.25, 0.3) is 0 Å². The highest BCUT2D eigenvalue weighted by molar-refractivity contribution is 6.14. The Balaban J connectivity index is 1.52. The van der Waals surface area contributed by atoms with E-state index >= 15 is 0 Å². The highest BCUT2D eigenvalue weighted by Crippen LogP contribution is 2.48. The monoisotopic (exact) mass is 398 g/mol. The fraction of sp³-hybridized carbons (Fsp3) is 0.231. The van der Waals surface area contributed by atoms with Crippen LogP contribution in [0.25, 0.3) is 0 Å². The molecular weight excluding hydrogens is 372 g/mol. The van der Waals surface area contributed by atoms with Gasteiger partial charge < -0.3 is 10.2 Å². The Labute approximate surface area is 177 Å². The molecule has 0 atom stereocenters. The lowest BCUT2D eigenvalue weighted by atomic mass is 10.0. The second-order valence-corrected chi connectivity index (χ2v) is 7.96. The third-order valence-electron chi connectivity index (χ3n) is 5.66. The summed E-state index contributed by atoms with van der Waals surface area (Å²) in [5.41, 5.74) is 3.09. The van der Waals surface area contributed by atoms with Crippen molar-refractivity contribution in [2.45, 2.75) is 32.9 Å². The summed E-state index contributed by atoms with van der Waals surface area (Å²) in [5.74, 6) is -0.305. The summed E-state index contributed by atoms with van der Waals surface area (Å²) >= 11 is 0. The summed E-state index contributed by atoms with van der Waals surface area (Å²) in [6.07, 6.45) is 1.17. The summed E-state index contributed by atoms with van der Waals surface area (Å²) in [4.78, 5) is 28.4. The molecule has 1 saturated carbocycles. The quantitative estimate of drug-likeness (QED) is 0.590. The maximum absolute atomic E-state index is 13.6. The van der Waals surface area contributed by atoms with Crippen molar-refractivity contribution in [2.24, 2.45) is 5.41 Å². The molecule has 1 fully saturated rings. The predicted molar refractivity (Wildman–Crippen MR) is 119 cm³/mol. The largest absolute Gasteiger partial charge is 0.351 e. The van der Waals surface area contributed by atoms with Gasteiger partial charge in [0.2, 0.25) is 11.8 Å². The highest BCUT2D eigenvalue weighted by atomic mass is 16.2. The Morgan fingerprint density at radius 3 is 2.03 bits per heavy atom. The van der Waals surface area contributed by atoms with Gasteiger partial charge in [0.05, 0.1) is 6.54 Å². The third-order valence-corrected chi connectivity index (χ3v) is 5.66. The molecule has 3 aromatic rings. The van der Waals surface area contributed by atoms with E-state index in [9.17, 15) is 9.59 Å². The van der Waals surface area contributed by atoms with E-state index in [1.807, 2.05) is 91.9 Å². The van der Waals surface area contributed by atoms with Crippen LogP contribution >= 0.6 is 0 Å². The summed E-state index contributed by atoms with van der Waals surface area (Å²) < 4.78 is 0. The van der Waals surface area contributed by atoms with E-state index in [2.05, 4.69) is 5.32 Å². The Morgan fingerprint density at radius 2 is 1.43 bits per heavy atom. The molecule has 0 bridgehead atoms. The van der Waals surface area contributed by atoms with E-state index in [0.29, 0.717) is 25.9 Å². The molecule has 0 saturated heterocycles. The number of para-hydroxylation sites is 1. The molecule has 4 heteroatoms. The van der Waals surface area contributed by atoms with Crippen molar-refractivity contribution in [3.05, 3.63) is 102 Å². The van der Waals surface area contributed by atoms with Crippen LogP contribution in [0.15, 0.2) is 84.9 Å². The zero-order chi connectivity index (χ0) is 21.0. The molecule has 0 aliphatic heterocycles. The normalized spacial score (nSPS) is 14.0. The first-order valence-electron chi connectivity index (χ1n) is 10.3. The second-order valence-electron chi connectivity index (χ2n) is 7.96. The molecule has 1 aliphatic carbocycles. The standard InChI is InChI=1S/C26H26N2O2/c1-20-12-14-21(15-13-20)18-27-24(29)26(16-17-26)25(30)28(23-10-6-3-7-11-23)19-22-8-4-2-5-9-22/h2-15H,16-19H2,1H3,(H,27,29). The number of rotatable bonds is 7. The topological polar surface area (TPSA) is 49.4 Å². The number of carbonyl (C=O) groups excluding carboxylic acids is 2. The van der Waals surface area contributed by atoms with Crippen LogP contribution in [-0.4, -0.2) is 11.8 Å². The zero-order valence-electron chi connectivity index (χ0n) is 17.2. The molecule has 0 spiro atoms. The van der Waals surface area contributed by atoms with Gasteiger partial charge >= 0.3 is 0 Å². The second kappa shape index (κ2) is 8.54. The molecule has 30 heavy (non-hydrogen) atoms. The lowest BCUT2D eigenvalue weighted by molar-refractivity contribution is -0.135. The van der Waals surface area contributed by atoms with Crippen molar-refractivity contribution in [3.8, 4) is 0 Å². The maximum atomic E-state index is 13.6. The van der Waals surface area contributed by atoms with Gasteiger partial charge in [-0.1, -0.05) is 78.4 Å². The summed E-state index contributed by atoms with van der Waals surface area (Å²) in [6.45, 7) is 2.90. The molecule has 1 N–H and O–H groups in total. The first kappa shape index (κ1) is 19.9. The Bertz CT molecular complexity index is 1010. The summed E-state index contributed by atoms with van der Waals surface area (Å²) in [6, 6.07) is 27.5. The van der Waals surface area contributed by atoms with Gasteiger partial charge in [-0.2, -0.15) is 0 Å². The lowest BCUT2D eigenvalue weighted by Crippen LogP contribution is -2.45. The van der Waals surface area contributed by atoms with Gasteiger partial charge in [-0.3, -0.25) is 9.59 Å². The van der Waals surface area contributed by atoms with Crippen molar-refractivity contribution in [1.29, 1.82) is 0 Å². The summed E-state index contributed by atoms with van der Waals surface area (Å²) in [7, 11) is 0. The van der Waals surface area contributed by atoms with Crippen LogP contribution in [-0.2, 0) is 22.7 Å².